The molecule has 1 atom stereocenters. The maximum absolute atomic E-state index is 12.3. The summed E-state index contributed by atoms with van der Waals surface area (Å²) in [7, 11) is 1.55. The van der Waals surface area contributed by atoms with Gasteiger partial charge in [-0.05, 0) is 5.56 Å². The molecule has 1 aliphatic rings. The van der Waals surface area contributed by atoms with Crippen LogP contribution in [0.25, 0.3) is 0 Å². The molecule has 7 heteroatoms. The highest BCUT2D eigenvalue weighted by molar-refractivity contribution is 5.89. The van der Waals surface area contributed by atoms with Gasteiger partial charge in [0.1, 0.15) is 6.04 Å². The van der Waals surface area contributed by atoms with Crippen molar-refractivity contribution in [2.75, 3.05) is 39.8 Å². The second kappa shape index (κ2) is 8.44. The van der Waals surface area contributed by atoms with E-state index in [2.05, 4.69) is 10.6 Å². The van der Waals surface area contributed by atoms with E-state index in [1.165, 1.54) is 0 Å². The summed E-state index contributed by atoms with van der Waals surface area (Å²) in [6, 6.07) is 8.44. The Kier molecular flexibility index (Phi) is 6.31. The smallest absolute Gasteiger partial charge is 0.246 e. The van der Waals surface area contributed by atoms with Gasteiger partial charge in [-0.25, -0.2) is 0 Å². The highest BCUT2D eigenvalue weighted by atomic mass is 16.2. The molecule has 1 aromatic rings. The van der Waals surface area contributed by atoms with Crippen molar-refractivity contribution in [1.82, 2.24) is 20.4 Å². The molecule has 24 heavy (non-hydrogen) atoms. The molecule has 1 fully saturated rings. The Balaban J connectivity index is 1.92. The quantitative estimate of drug-likeness (QED) is 0.779. The highest BCUT2D eigenvalue weighted by Crippen LogP contribution is 2.12. The van der Waals surface area contributed by atoms with E-state index in [0.717, 1.165) is 5.56 Å². The van der Waals surface area contributed by atoms with Crippen LogP contribution in [-0.2, 0) is 14.4 Å². The van der Waals surface area contributed by atoms with Gasteiger partial charge in [-0.15, -0.1) is 0 Å². The molecule has 0 bridgehead atoms. The fourth-order valence-electron chi connectivity index (χ4n) is 2.72. The molecule has 1 saturated heterocycles. The van der Waals surface area contributed by atoms with Crippen molar-refractivity contribution in [2.24, 2.45) is 0 Å². The number of carbonyl (C=O) groups excluding carboxylic acids is 3. The number of hydrogen-bond acceptors (Lipinski definition) is 4. The summed E-state index contributed by atoms with van der Waals surface area (Å²) in [5, 5.41) is 5.37. The van der Waals surface area contributed by atoms with Crippen LogP contribution >= 0.6 is 0 Å². The van der Waals surface area contributed by atoms with Crippen LogP contribution in [0.4, 0.5) is 0 Å². The van der Waals surface area contributed by atoms with E-state index in [1.807, 2.05) is 35.2 Å². The number of likely N-dealkylation sites (N-methyl/N-ethyl adjacent to an activating group) is 1. The van der Waals surface area contributed by atoms with E-state index in [0.29, 0.717) is 26.2 Å². The molecular weight excluding hydrogens is 308 g/mol. The largest absolute Gasteiger partial charge is 0.357 e. The molecule has 130 valence electrons. The van der Waals surface area contributed by atoms with Gasteiger partial charge in [-0.3, -0.25) is 19.3 Å². The number of carbonyl (C=O) groups is 3. The lowest BCUT2D eigenvalue weighted by Gasteiger charge is -2.33. The average molecular weight is 332 g/mol. The number of nitrogens with one attached hydrogen (secondary N) is 2. The molecule has 0 aliphatic carbocycles. The van der Waals surface area contributed by atoms with Gasteiger partial charge in [0.05, 0.1) is 6.54 Å². The molecule has 1 unspecified atom stereocenters. The molecule has 2 rings (SSSR count). The Hall–Kier alpha value is -2.41. The molecule has 7 nitrogen and oxygen atoms in total. The van der Waals surface area contributed by atoms with Crippen molar-refractivity contribution in [3.8, 4) is 0 Å². The van der Waals surface area contributed by atoms with Crippen molar-refractivity contribution in [3.63, 3.8) is 0 Å². The van der Waals surface area contributed by atoms with Crippen molar-refractivity contribution in [2.45, 2.75) is 13.0 Å². The average Bonchev–Trinajstić information content (AvgIpc) is 2.60. The number of nitrogens with zero attached hydrogens (tertiary/aromatic N) is 2. The number of benzene rings is 1. The number of amides is 3. The van der Waals surface area contributed by atoms with Gasteiger partial charge in [0.2, 0.25) is 17.7 Å². The van der Waals surface area contributed by atoms with Crippen LogP contribution in [-0.4, -0.2) is 67.3 Å². The first kappa shape index (κ1) is 17.9. The van der Waals surface area contributed by atoms with Crippen LogP contribution < -0.4 is 10.6 Å². The third kappa shape index (κ3) is 4.79. The molecule has 1 heterocycles. The Morgan fingerprint density at radius 3 is 2.25 bits per heavy atom. The Labute approximate surface area is 142 Å². The number of piperazine rings is 1. The Morgan fingerprint density at radius 2 is 1.71 bits per heavy atom. The zero-order valence-corrected chi connectivity index (χ0v) is 14.1. The van der Waals surface area contributed by atoms with Gasteiger partial charge < -0.3 is 15.5 Å². The lowest BCUT2D eigenvalue weighted by Crippen LogP contribution is -2.51. The highest BCUT2D eigenvalue weighted by Gasteiger charge is 2.24. The summed E-state index contributed by atoms with van der Waals surface area (Å²) in [6.07, 6.45) is 0. The third-order valence-corrected chi connectivity index (χ3v) is 4.13. The van der Waals surface area contributed by atoms with Gasteiger partial charge in [0.15, 0.2) is 0 Å². The van der Waals surface area contributed by atoms with Crippen molar-refractivity contribution >= 4 is 17.7 Å². The molecule has 0 saturated carbocycles. The Bertz CT molecular complexity index is 583. The summed E-state index contributed by atoms with van der Waals surface area (Å²) >= 11 is 0. The molecule has 0 spiro atoms. The van der Waals surface area contributed by atoms with Crippen LogP contribution in [0.1, 0.15) is 18.5 Å². The first-order chi connectivity index (χ1) is 11.5. The third-order valence-electron chi connectivity index (χ3n) is 4.13. The van der Waals surface area contributed by atoms with Crippen LogP contribution in [0, 0.1) is 0 Å². The SMILES string of the molecule is CNC(=O)C(NC(=O)CN1CCN(C(C)=O)CC1)c1ccccc1. The Morgan fingerprint density at radius 1 is 1.08 bits per heavy atom. The fourth-order valence-corrected chi connectivity index (χ4v) is 2.72. The van der Waals surface area contributed by atoms with Crippen LogP contribution in [0.3, 0.4) is 0 Å². The van der Waals surface area contributed by atoms with Crippen LogP contribution in [0.5, 0.6) is 0 Å². The molecule has 3 amide bonds. The first-order valence-electron chi connectivity index (χ1n) is 8.05. The lowest BCUT2D eigenvalue weighted by molar-refractivity contribution is -0.132. The number of hydrogen-bond donors (Lipinski definition) is 2. The van der Waals surface area contributed by atoms with Gasteiger partial charge in [-0.1, -0.05) is 30.3 Å². The normalized spacial score (nSPS) is 16.3. The predicted octanol–water partition coefficient (Wildman–Crippen LogP) is -0.246. The van der Waals surface area contributed by atoms with E-state index in [9.17, 15) is 14.4 Å². The maximum Gasteiger partial charge on any atom is 0.246 e. The number of rotatable bonds is 5. The van der Waals surface area contributed by atoms with E-state index in [4.69, 9.17) is 0 Å². The summed E-state index contributed by atoms with van der Waals surface area (Å²) < 4.78 is 0. The molecule has 0 radical (unpaired) electrons. The van der Waals surface area contributed by atoms with Crippen molar-refractivity contribution in [1.29, 1.82) is 0 Å². The minimum absolute atomic E-state index is 0.0582. The van der Waals surface area contributed by atoms with Gasteiger partial charge in [0, 0.05) is 40.2 Å². The minimum Gasteiger partial charge on any atom is -0.357 e. The van der Waals surface area contributed by atoms with E-state index in [-0.39, 0.29) is 24.3 Å². The lowest BCUT2D eigenvalue weighted by atomic mass is 10.1. The predicted molar refractivity (Wildman–Crippen MR) is 90.1 cm³/mol. The summed E-state index contributed by atoms with van der Waals surface area (Å²) in [6.45, 7) is 4.33. The van der Waals surface area contributed by atoms with Gasteiger partial charge in [0.25, 0.3) is 0 Å². The van der Waals surface area contributed by atoms with Crippen LogP contribution in [0.2, 0.25) is 0 Å². The monoisotopic (exact) mass is 332 g/mol. The molecule has 2 N–H and O–H groups in total. The van der Waals surface area contributed by atoms with E-state index in [1.54, 1.807) is 18.9 Å². The molecular formula is C17H24N4O3. The topological polar surface area (TPSA) is 81.8 Å². The second-order valence-corrected chi connectivity index (χ2v) is 5.81. The van der Waals surface area contributed by atoms with E-state index < -0.39 is 6.04 Å². The van der Waals surface area contributed by atoms with E-state index >= 15 is 0 Å². The van der Waals surface area contributed by atoms with Gasteiger partial charge in [-0.2, -0.15) is 0 Å². The second-order valence-electron chi connectivity index (χ2n) is 5.81. The molecule has 1 aromatic carbocycles. The first-order valence-corrected chi connectivity index (χ1v) is 8.05. The maximum atomic E-state index is 12.3. The zero-order chi connectivity index (χ0) is 17.5. The molecule has 1 aliphatic heterocycles. The van der Waals surface area contributed by atoms with Crippen molar-refractivity contribution < 1.29 is 14.4 Å². The minimum atomic E-state index is -0.706. The van der Waals surface area contributed by atoms with Crippen LogP contribution in [0.15, 0.2) is 30.3 Å². The van der Waals surface area contributed by atoms with Gasteiger partial charge >= 0.3 is 0 Å². The summed E-state index contributed by atoms with van der Waals surface area (Å²) in [5.41, 5.74) is 0.742. The molecule has 0 aromatic heterocycles. The van der Waals surface area contributed by atoms with Crippen molar-refractivity contribution in [3.05, 3.63) is 35.9 Å². The fraction of sp³-hybridized carbons (Fsp3) is 0.471. The zero-order valence-electron chi connectivity index (χ0n) is 14.1. The summed E-state index contributed by atoms with van der Waals surface area (Å²) in [4.78, 5) is 39.5. The summed E-state index contributed by atoms with van der Waals surface area (Å²) in [5.74, 6) is -0.400. The standard InChI is InChI=1S/C17H24N4O3/c1-13(22)21-10-8-20(9-11-21)12-15(23)19-16(17(24)18-2)14-6-4-3-5-7-14/h3-7,16H,8-12H2,1-2H3,(H,18,24)(H,19,23).